The SMILES string of the molecule is CC1(NC(=O)CCNC(=O)c2ccc([N+](=O)[O-])cc2)CCCCC1C(=O)O. The number of nitrogens with one attached hydrogen (secondary N) is 2. The number of carboxylic acid groups (broad SMARTS) is 1. The van der Waals surface area contributed by atoms with Gasteiger partial charge < -0.3 is 15.7 Å². The van der Waals surface area contributed by atoms with E-state index < -0.39 is 28.3 Å². The van der Waals surface area contributed by atoms with Gasteiger partial charge in [0.05, 0.1) is 16.4 Å². The lowest BCUT2D eigenvalue weighted by atomic mass is 9.74. The van der Waals surface area contributed by atoms with E-state index in [-0.39, 0.29) is 30.1 Å². The quantitative estimate of drug-likeness (QED) is 0.490. The molecule has 1 aromatic carbocycles. The molecule has 2 amide bonds. The van der Waals surface area contributed by atoms with E-state index >= 15 is 0 Å². The Morgan fingerprint density at radius 1 is 1.26 bits per heavy atom. The molecule has 1 fully saturated rings. The van der Waals surface area contributed by atoms with Gasteiger partial charge in [0.2, 0.25) is 5.91 Å². The largest absolute Gasteiger partial charge is 0.481 e. The van der Waals surface area contributed by atoms with Gasteiger partial charge in [0, 0.05) is 30.7 Å². The highest BCUT2D eigenvalue weighted by atomic mass is 16.6. The second-order valence-electron chi connectivity index (χ2n) is 6.91. The topological polar surface area (TPSA) is 139 Å². The fourth-order valence-electron chi connectivity index (χ4n) is 3.39. The van der Waals surface area contributed by atoms with Gasteiger partial charge in [-0.3, -0.25) is 24.5 Å². The van der Waals surface area contributed by atoms with Crippen LogP contribution in [0.25, 0.3) is 0 Å². The summed E-state index contributed by atoms with van der Waals surface area (Å²) >= 11 is 0. The first-order valence-electron chi connectivity index (χ1n) is 8.79. The maximum Gasteiger partial charge on any atom is 0.308 e. The molecule has 0 saturated heterocycles. The molecule has 0 radical (unpaired) electrons. The van der Waals surface area contributed by atoms with E-state index in [1.807, 2.05) is 0 Å². The molecule has 27 heavy (non-hydrogen) atoms. The van der Waals surface area contributed by atoms with Crippen molar-refractivity contribution in [3.8, 4) is 0 Å². The number of non-ortho nitro benzene ring substituents is 1. The van der Waals surface area contributed by atoms with Gasteiger partial charge >= 0.3 is 5.97 Å². The summed E-state index contributed by atoms with van der Waals surface area (Å²) in [6, 6.07) is 5.15. The molecule has 1 aromatic rings. The molecule has 3 N–H and O–H groups in total. The van der Waals surface area contributed by atoms with Gasteiger partial charge in [0.25, 0.3) is 11.6 Å². The van der Waals surface area contributed by atoms with Crippen molar-refractivity contribution in [3.05, 3.63) is 39.9 Å². The van der Waals surface area contributed by atoms with Crippen molar-refractivity contribution >= 4 is 23.5 Å². The molecular formula is C18H23N3O6. The van der Waals surface area contributed by atoms with Crippen LogP contribution in [0.1, 0.15) is 49.4 Å². The Morgan fingerprint density at radius 3 is 2.52 bits per heavy atom. The van der Waals surface area contributed by atoms with E-state index in [2.05, 4.69) is 10.6 Å². The van der Waals surface area contributed by atoms with Crippen LogP contribution in [-0.4, -0.2) is 39.9 Å². The maximum atomic E-state index is 12.2. The van der Waals surface area contributed by atoms with Crippen LogP contribution in [0.15, 0.2) is 24.3 Å². The number of rotatable bonds is 7. The number of carbonyl (C=O) groups is 3. The minimum atomic E-state index is -0.913. The van der Waals surface area contributed by atoms with Crippen molar-refractivity contribution in [2.45, 2.75) is 44.6 Å². The van der Waals surface area contributed by atoms with E-state index in [4.69, 9.17) is 0 Å². The third-order valence-electron chi connectivity index (χ3n) is 4.91. The lowest BCUT2D eigenvalue weighted by Gasteiger charge is -2.39. The molecule has 1 aliphatic carbocycles. The molecule has 2 rings (SSSR count). The highest BCUT2D eigenvalue weighted by Gasteiger charge is 2.41. The number of aliphatic carboxylic acids is 1. The zero-order chi connectivity index (χ0) is 20.0. The van der Waals surface area contributed by atoms with Crippen LogP contribution in [0.5, 0.6) is 0 Å². The van der Waals surface area contributed by atoms with Gasteiger partial charge in [-0.1, -0.05) is 12.8 Å². The van der Waals surface area contributed by atoms with E-state index in [1.54, 1.807) is 6.92 Å². The molecule has 1 aliphatic rings. The normalized spacial score (nSPS) is 21.9. The second-order valence-corrected chi connectivity index (χ2v) is 6.91. The predicted molar refractivity (Wildman–Crippen MR) is 96.2 cm³/mol. The fraction of sp³-hybridized carbons (Fsp3) is 0.500. The average molecular weight is 377 g/mol. The molecular weight excluding hydrogens is 354 g/mol. The summed E-state index contributed by atoms with van der Waals surface area (Å²) in [5.74, 6) is -2.30. The van der Waals surface area contributed by atoms with E-state index in [0.717, 1.165) is 12.8 Å². The Hall–Kier alpha value is -2.97. The van der Waals surface area contributed by atoms with Crippen LogP contribution < -0.4 is 10.6 Å². The molecule has 1 saturated carbocycles. The lowest BCUT2D eigenvalue weighted by molar-refractivity contribution is -0.384. The molecule has 146 valence electrons. The molecule has 2 unspecified atom stereocenters. The van der Waals surface area contributed by atoms with Gasteiger partial charge in [-0.05, 0) is 31.9 Å². The molecule has 2 atom stereocenters. The van der Waals surface area contributed by atoms with Crippen LogP contribution in [0.3, 0.4) is 0 Å². The van der Waals surface area contributed by atoms with Gasteiger partial charge in [-0.15, -0.1) is 0 Å². The lowest BCUT2D eigenvalue weighted by Crippen LogP contribution is -2.55. The van der Waals surface area contributed by atoms with Crippen molar-refractivity contribution in [2.24, 2.45) is 5.92 Å². The van der Waals surface area contributed by atoms with Crippen molar-refractivity contribution in [3.63, 3.8) is 0 Å². The van der Waals surface area contributed by atoms with Crippen LogP contribution in [0, 0.1) is 16.0 Å². The number of nitrogens with zero attached hydrogens (tertiary/aromatic N) is 1. The van der Waals surface area contributed by atoms with Gasteiger partial charge in [-0.2, -0.15) is 0 Å². The van der Waals surface area contributed by atoms with E-state index in [1.165, 1.54) is 24.3 Å². The summed E-state index contributed by atoms with van der Waals surface area (Å²) in [6.07, 6.45) is 2.83. The number of hydrogen-bond acceptors (Lipinski definition) is 5. The first-order valence-corrected chi connectivity index (χ1v) is 8.79. The fourth-order valence-corrected chi connectivity index (χ4v) is 3.39. The molecule has 0 aliphatic heterocycles. The summed E-state index contributed by atoms with van der Waals surface area (Å²) < 4.78 is 0. The number of nitro groups is 1. The summed E-state index contributed by atoms with van der Waals surface area (Å²) in [6.45, 7) is 1.83. The molecule has 9 heteroatoms. The van der Waals surface area contributed by atoms with Crippen molar-refractivity contribution in [2.75, 3.05) is 6.54 Å². The van der Waals surface area contributed by atoms with Gasteiger partial charge in [0.15, 0.2) is 0 Å². The van der Waals surface area contributed by atoms with E-state index in [0.29, 0.717) is 12.8 Å². The minimum Gasteiger partial charge on any atom is -0.481 e. The Bertz CT molecular complexity index is 733. The highest BCUT2D eigenvalue weighted by Crippen LogP contribution is 2.33. The molecule has 0 aromatic heterocycles. The van der Waals surface area contributed by atoms with Crippen LogP contribution in [-0.2, 0) is 9.59 Å². The van der Waals surface area contributed by atoms with Gasteiger partial charge in [-0.25, -0.2) is 0 Å². The monoisotopic (exact) mass is 377 g/mol. The summed E-state index contributed by atoms with van der Waals surface area (Å²) in [5.41, 5.74) is -0.644. The standard InChI is InChI=1S/C18H23N3O6/c1-18(10-3-2-4-14(18)17(24)25)20-15(22)9-11-19-16(23)12-5-7-13(8-6-12)21(26)27/h5-8,14H,2-4,9-11H2,1H3,(H,19,23)(H,20,22)(H,24,25). The number of amides is 2. The summed E-state index contributed by atoms with van der Waals surface area (Å²) in [4.78, 5) is 45.7. The Labute approximate surface area is 156 Å². The van der Waals surface area contributed by atoms with Crippen molar-refractivity contribution in [1.82, 2.24) is 10.6 Å². The minimum absolute atomic E-state index is 0.0145. The predicted octanol–water partition coefficient (Wildman–Crippen LogP) is 1.86. The zero-order valence-electron chi connectivity index (χ0n) is 15.1. The van der Waals surface area contributed by atoms with Crippen LogP contribution >= 0.6 is 0 Å². The molecule has 0 spiro atoms. The number of hydrogen-bond donors (Lipinski definition) is 3. The highest BCUT2D eigenvalue weighted by molar-refractivity contribution is 5.94. The number of nitro benzene ring substituents is 1. The first-order chi connectivity index (χ1) is 12.7. The van der Waals surface area contributed by atoms with Gasteiger partial charge in [0.1, 0.15) is 0 Å². The second kappa shape index (κ2) is 8.61. The zero-order valence-corrected chi connectivity index (χ0v) is 15.1. The van der Waals surface area contributed by atoms with Crippen molar-refractivity contribution in [1.29, 1.82) is 0 Å². The number of carbonyl (C=O) groups excluding carboxylic acids is 2. The van der Waals surface area contributed by atoms with E-state index in [9.17, 15) is 29.6 Å². The first kappa shape index (κ1) is 20.3. The van der Waals surface area contributed by atoms with Crippen LogP contribution in [0.4, 0.5) is 5.69 Å². The molecule has 9 nitrogen and oxygen atoms in total. The number of benzene rings is 1. The Kier molecular flexibility index (Phi) is 6.49. The maximum absolute atomic E-state index is 12.2. The van der Waals surface area contributed by atoms with Crippen LogP contribution in [0.2, 0.25) is 0 Å². The number of carboxylic acids is 1. The third-order valence-corrected chi connectivity index (χ3v) is 4.91. The average Bonchev–Trinajstić information content (AvgIpc) is 2.61. The molecule has 0 heterocycles. The third kappa shape index (κ3) is 5.25. The smallest absolute Gasteiger partial charge is 0.308 e. The Balaban J connectivity index is 1.83. The Morgan fingerprint density at radius 2 is 1.93 bits per heavy atom. The summed E-state index contributed by atoms with van der Waals surface area (Å²) in [7, 11) is 0. The van der Waals surface area contributed by atoms with Crippen molar-refractivity contribution < 1.29 is 24.4 Å². The molecule has 0 bridgehead atoms. The summed E-state index contributed by atoms with van der Waals surface area (Å²) in [5, 5.41) is 25.4.